The molecular formula is C15H16O3. The van der Waals surface area contributed by atoms with Crippen molar-refractivity contribution in [3.8, 4) is 5.75 Å². The number of hydrogen-bond donors (Lipinski definition) is 1. The summed E-state index contributed by atoms with van der Waals surface area (Å²) in [6, 6.07) is 5.63. The zero-order valence-electron chi connectivity index (χ0n) is 10.4. The lowest BCUT2D eigenvalue weighted by Gasteiger charge is -2.36. The summed E-state index contributed by atoms with van der Waals surface area (Å²) >= 11 is 0. The standard InChI is InChI=1S/C15H16O3/c1-10-4-5-13-11(8-10)14(17)12(9-16)15(18-13)6-2-3-7-15/h4-5,8-9,16H,2-3,6-7H2,1H3/b12-9-. The number of carbonyl (C=O) groups is 1. The molecule has 94 valence electrons. The Hall–Kier alpha value is -1.77. The molecule has 1 aliphatic carbocycles. The average molecular weight is 244 g/mol. The molecule has 0 radical (unpaired) electrons. The van der Waals surface area contributed by atoms with E-state index in [0.717, 1.165) is 37.5 Å². The van der Waals surface area contributed by atoms with Crippen molar-refractivity contribution in [1.29, 1.82) is 0 Å². The molecule has 3 rings (SSSR count). The van der Waals surface area contributed by atoms with E-state index in [1.807, 2.05) is 25.1 Å². The molecule has 0 atom stereocenters. The van der Waals surface area contributed by atoms with Gasteiger partial charge in [-0.05, 0) is 44.7 Å². The van der Waals surface area contributed by atoms with Crippen molar-refractivity contribution in [1.82, 2.24) is 0 Å². The molecule has 3 heteroatoms. The van der Waals surface area contributed by atoms with E-state index in [-0.39, 0.29) is 5.78 Å². The number of aliphatic hydroxyl groups is 1. The Labute approximate surface area is 106 Å². The Balaban J connectivity index is 2.15. The second-order valence-electron chi connectivity index (χ2n) is 5.17. The van der Waals surface area contributed by atoms with Crippen LogP contribution in [0.4, 0.5) is 0 Å². The van der Waals surface area contributed by atoms with Crippen molar-refractivity contribution < 1.29 is 14.6 Å². The zero-order valence-corrected chi connectivity index (χ0v) is 10.4. The Kier molecular flexibility index (Phi) is 2.44. The Morgan fingerprint density at radius 2 is 2.06 bits per heavy atom. The highest BCUT2D eigenvalue weighted by Gasteiger charge is 2.47. The Bertz CT molecular complexity index is 537. The third kappa shape index (κ3) is 1.47. The van der Waals surface area contributed by atoms with E-state index in [1.165, 1.54) is 0 Å². The lowest BCUT2D eigenvalue weighted by molar-refractivity contribution is 0.0739. The van der Waals surface area contributed by atoms with E-state index in [1.54, 1.807) is 0 Å². The number of ether oxygens (including phenoxy) is 1. The summed E-state index contributed by atoms with van der Waals surface area (Å²) in [6.07, 6.45) is 4.62. The molecule has 1 aromatic carbocycles. The first kappa shape index (κ1) is 11.3. The van der Waals surface area contributed by atoms with Gasteiger partial charge in [0.15, 0.2) is 5.78 Å². The number of rotatable bonds is 0. The largest absolute Gasteiger partial charge is 0.515 e. The van der Waals surface area contributed by atoms with Crippen LogP contribution < -0.4 is 4.74 Å². The first-order chi connectivity index (χ1) is 8.66. The van der Waals surface area contributed by atoms with E-state index in [2.05, 4.69) is 0 Å². The predicted molar refractivity (Wildman–Crippen MR) is 68.0 cm³/mol. The summed E-state index contributed by atoms with van der Waals surface area (Å²) in [6.45, 7) is 1.94. The maximum absolute atomic E-state index is 12.5. The zero-order chi connectivity index (χ0) is 12.8. The van der Waals surface area contributed by atoms with Gasteiger partial charge in [-0.2, -0.15) is 0 Å². The molecule has 0 saturated heterocycles. The van der Waals surface area contributed by atoms with Gasteiger partial charge in [0.2, 0.25) is 0 Å². The van der Waals surface area contributed by atoms with Crippen molar-refractivity contribution in [2.75, 3.05) is 0 Å². The van der Waals surface area contributed by atoms with Crippen molar-refractivity contribution in [2.24, 2.45) is 0 Å². The van der Waals surface area contributed by atoms with Crippen LogP contribution in [-0.2, 0) is 0 Å². The smallest absolute Gasteiger partial charge is 0.199 e. The molecule has 1 heterocycles. The molecule has 0 unspecified atom stereocenters. The number of hydrogen-bond acceptors (Lipinski definition) is 3. The summed E-state index contributed by atoms with van der Waals surface area (Å²) in [5, 5.41) is 9.42. The number of ketones is 1. The SMILES string of the molecule is Cc1ccc2c(c1)C(=O)/C(=C/O)C1(CCCC1)O2. The molecule has 1 spiro atoms. The quantitative estimate of drug-likeness (QED) is 0.562. The maximum atomic E-state index is 12.5. The fraction of sp³-hybridized carbons (Fsp3) is 0.400. The molecular weight excluding hydrogens is 228 g/mol. The van der Waals surface area contributed by atoms with Crippen LogP contribution in [0.3, 0.4) is 0 Å². The first-order valence-electron chi connectivity index (χ1n) is 6.35. The highest BCUT2D eigenvalue weighted by molar-refractivity contribution is 6.12. The first-order valence-corrected chi connectivity index (χ1v) is 6.35. The molecule has 0 amide bonds. The van der Waals surface area contributed by atoms with Crippen molar-refractivity contribution >= 4 is 5.78 Å². The van der Waals surface area contributed by atoms with E-state index < -0.39 is 5.60 Å². The van der Waals surface area contributed by atoms with Gasteiger partial charge in [0.1, 0.15) is 11.4 Å². The van der Waals surface area contributed by atoms with Gasteiger partial charge < -0.3 is 9.84 Å². The summed E-state index contributed by atoms with van der Waals surface area (Å²) in [4.78, 5) is 12.5. The average Bonchev–Trinajstić information content (AvgIpc) is 2.80. The lowest BCUT2D eigenvalue weighted by Crippen LogP contribution is -2.42. The van der Waals surface area contributed by atoms with Crippen LogP contribution >= 0.6 is 0 Å². The number of aryl methyl sites for hydroxylation is 1. The molecule has 3 nitrogen and oxygen atoms in total. The molecule has 1 fully saturated rings. The molecule has 0 bridgehead atoms. The van der Waals surface area contributed by atoms with Crippen molar-refractivity contribution in [3.63, 3.8) is 0 Å². The second kappa shape index (κ2) is 3.87. The van der Waals surface area contributed by atoms with Gasteiger partial charge in [0.25, 0.3) is 0 Å². The minimum Gasteiger partial charge on any atom is -0.515 e. The van der Waals surface area contributed by atoms with Crippen molar-refractivity contribution in [2.45, 2.75) is 38.2 Å². The number of aliphatic hydroxyl groups excluding tert-OH is 1. The maximum Gasteiger partial charge on any atom is 0.199 e. The van der Waals surface area contributed by atoms with E-state index in [0.29, 0.717) is 16.9 Å². The fourth-order valence-corrected chi connectivity index (χ4v) is 3.02. The van der Waals surface area contributed by atoms with Crippen LogP contribution in [0.1, 0.15) is 41.6 Å². The molecule has 18 heavy (non-hydrogen) atoms. The molecule has 1 aliphatic heterocycles. The van der Waals surface area contributed by atoms with Gasteiger partial charge >= 0.3 is 0 Å². The fourth-order valence-electron chi connectivity index (χ4n) is 3.02. The van der Waals surface area contributed by atoms with E-state index >= 15 is 0 Å². The highest BCUT2D eigenvalue weighted by atomic mass is 16.5. The molecule has 1 aromatic rings. The second-order valence-corrected chi connectivity index (χ2v) is 5.17. The van der Waals surface area contributed by atoms with Gasteiger partial charge in [-0.15, -0.1) is 0 Å². The third-order valence-corrected chi connectivity index (χ3v) is 3.96. The number of carbonyl (C=O) groups excluding carboxylic acids is 1. The molecule has 2 aliphatic rings. The monoisotopic (exact) mass is 244 g/mol. The van der Waals surface area contributed by atoms with Gasteiger partial charge in [0.05, 0.1) is 17.4 Å². The Morgan fingerprint density at radius 1 is 1.33 bits per heavy atom. The number of Topliss-reactive ketones (excluding diaryl/α,β-unsaturated/α-hetero) is 1. The topological polar surface area (TPSA) is 46.5 Å². The summed E-state index contributed by atoms with van der Waals surface area (Å²) in [5.41, 5.74) is 1.41. The van der Waals surface area contributed by atoms with Crippen LogP contribution in [0, 0.1) is 6.92 Å². The minimum atomic E-state index is -0.589. The van der Waals surface area contributed by atoms with Gasteiger partial charge in [0, 0.05) is 0 Å². The lowest BCUT2D eigenvalue weighted by atomic mass is 9.83. The highest BCUT2D eigenvalue weighted by Crippen LogP contribution is 2.45. The summed E-state index contributed by atoms with van der Waals surface area (Å²) in [5.74, 6) is 0.558. The van der Waals surface area contributed by atoms with E-state index in [9.17, 15) is 9.90 Å². The predicted octanol–water partition coefficient (Wildman–Crippen LogP) is 3.32. The van der Waals surface area contributed by atoms with Crippen LogP contribution in [0.15, 0.2) is 30.0 Å². The Morgan fingerprint density at radius 3 is 2.72 bits per heavy atom. The third-order valence-electron chi connectivity index (χ3n) is 3.96. The van der Waals surface area contributed by atoms with Crippen LogP contribution in [0.5, 0.6) is 5.75 Å². The number of fused-ring (bicyclic) bond motifs is 1. The van der Waals surface area contributed by atoms with Crippen LogP contribution in [-0.4, -0.2) is 16.5 Å². The van der Waals surface area contributed by atoms with E-state index in [4.69, 9.17) is 4.74 Å². The van der Waals surface area contributed by atoms with Crippen LogP contribution in [0.25, 0.3) is 0 Å². The van der Waals surface area contributed by atoms with Gasteiger partial charge in [-0.3, -0.25) is 4.79 Å². The molecule has 1 N–H and O–H groups in total. The number of benzene rings is 1. The minimum absolute atomic E-state index is 0.0932. The van der Waals surface area contributed by atoms with Crippen LogP contribution in [0.2, 0.25) is 0 Å². The van der Waals surface area contributed by atoms with Crippen molar-refractivity contribution in [3.05, 3.63) is 41.2 Å². The molecule has 0 aromatic heterocycles. The van der Waals surface area contributed by atoms with Gasteiger partial charge in [-0.1, -0.05) is 11.6 Å². The summed E-state index contributed by atoms with van der Waals surface area (Å²) in [7, 11) is 0. The van der Waals surface area contributed by atoms with Gasteiger partial charge in [-0.25, -0.2) is 0 Å². The summed E-state index contributed by atoms with van der Waals surface area (Å²) < 4.78 is 6.06. The normalized spacial score (nSPS) is 23.2. The molecule has 1 saturated carbocycles.